The SMILES string of the molecule is O=C(CN1CCC(O)CC1)NC1CCCN(CCCc2ccccc2)C1. The summed E-state index contributed by atoms with van der Waals surface area (Å²) in [4.78, 5) is 17.0. The lowest BCUT2D eigenvalue weighted by Crippen LogP contribution is -2.51. The number of rotatable bonds is 7. The molecule has 2 aliphatic heterocycles. The number of nitrogens with one attached hydrogen (secondary N) is 1. The van der Waals surface area contributed by atoms with Crippen LogP contribution in [0.2, 0.25) is 0 Å². The first-order valence-corrected chi connectivity index (χ1v) is 10.1. The molecule has 0 aromatic heterocycles. The van der Waals surface area contributed by atoms with Gasteiger partial charge in [-0.2, -0.15) is 0 Å². The second-order valence-corrected chi connectivity index (χ2v) is 7.80. The molecule has 1 atom stereocenters. The number of amides is 1. The highest BCUT2D eigenvalue weighted by Gasteiger charge is 2.23. The van der Waals surface area contributed by atoms with Crippen molar-refractivity contribution in [3.8, 4) is 0 Å². The van der Waals surface area contributed by atoms with Crippen molar-refractivity contribution in [3.05, 3.63) is 35.9 Å². The predicted octanol–water partition coefficient (Wildman–Crippen LogP) is 1.66. The molecule has 5 heteroatoms. The zero-order valence-electron chi connectivity index (χ0n) is 15.8. The Labute approximate surface area is 157 Å². The van der Waals surface area contributed by atoms with Gasteiger partial charge in [-0.3, -0.25) is 9.69 Å². The van der Waals surface area contributed by atoms with Crippen molar-refractivity contribution in [1.29, 1.82) is 0 Å². The molecule has 2 heterocycles. The Morgan fingerprint density at radius 3 is 2.62 bits per heavy atom. The molecule has 2 saturated heterocycles. The molecule has 3 rings (SSSR count). The molecule has 0 bridgehead atoms. The van der Waals surface area contributed by atoms with Gasteiger partial charge in [0.25, 0.3) is 0 Å². The van der Waals surface area contributed by atoms with Gasteiger partial charge in [0.15, 0.2) is 0 Å². The van der Waals surface area contributed by atoms with Crippen LogP contribution in [0, 0.1) is 0 Å². The van der Waals surface area contributed by atoms with Crippen molar-refractivity contribution in [1.82, 2.24) is 15.1 Å². The number of carbonyl (C=O) groups excluding carboxylic acids is 1. The summed E-state index contributed by atoms with van der Waals surface area (Å²) in [5, 5.41) is 12.8. The van der Waals surface area contributed by atoms with Gasteiger partial charge in [-0.25, -0.2) is 0 Å². The summed E-state index contributed by atoms with van der Waals surface area (Å²) < 4.78 is 0. The molecule has 1 amide bonds. The van der Waals surface area contributed by atoms with E-state index >= 15 is 0 Å². The lowest BCUT2D eigenvalue weighted by Gasteiger charge is -2.34. The molecular formula is C21H33N3O2. The molecule has 0 aliphatic carbocycles. The van der Waals surface area contributed by atoms with Crippen LogP contribution in [0.15, 0.2) is 30.3 Å². The number of aryl methyl sites for hydroxylation is 1. The number of nitrogens with zero attached hydrogens (tertiary/aromatic N) is 2. The van der Waals surface area contributed by atoms with Crippen LogP contribution in [0.3, 0.4) is 0 Å². The van der Waals surface area contributed by atoms with Gasteiger partial charge >= 0.3 is 0 Å². The fraction of sp³-hybridized carbons (Fsp3) is 0.667. The molecule has 2 N–H and O–H groups in total. The zero-order valence-corrected chi connectivity index (χ0v) is 15.8. The van der Waals surface area contributed by atoms with Crippen molar-refractivity contribution < 1.29 is 9.90 Å². The van der Waals surface area contributed by atoms with Gasteiger partial charge in [0.1, 0.15) is 0 Å². The highest BCUT2D eigenvalue weighted by molar-refractivity contribution is 5.78. The number of likely N-dealkylation sites (tertiary alicyclic amines) is 2. The summed E-state index contributed by atoms with van der Waals surface area (Å²) in [6.07, 6.45) is 5.91. The fourth-order valence-corrected chi connectivity index (χ4v) is 4.08. The first-order chi connectivity index (χ1) is 12.7. The van der Waals surface area contributed by atoms with Crippen LogP contribution in [0.4, 0.5) is 0 Å². The number of aliphatic hydroxyl groups excluding tert-OH is 1. The zero-order chi connectivity index (χ0) is 18.2. The number of piperidine rings is 2. The fourth-order valence-electron chi connectivity index (χ4n) is 4.08. The van der Waals surface area contributed by atoms with E-state index in [9.17, 15) is 9.90 Å². The topological polar surface area (TPSA) is 55.8 Å². The first-order valence-electron chi connectivity index (χ1n) is 10.1. The van der Waals surface area contributed by atoms with Crippen molar-refractivity contribution in [2.75, 3.05) is 39.3 Å². The average molecular weight is 360 g/mol. The monoisotopic (exact) mass is 359 g/mol. The van der Waals surface area contributed by atoms with Crippen LogP contribution < -0.4 is 5.32 Å². The Morgan fingerprint density at radius 1 is 1.08 bits per heavy atom. The second-order valence-electron chi connectivity index (χ2n) is 7.80. The molecule has 144 valence electrons. The lowest BCUT2D eigenvalue weighted by molar-refractivity contribution is -0.123. The van der Waals surface area contributed by atoms with E-state index in [1.807, 2.05) is 0 Å². The minimum absolute atomic E-state index is 0.137. The summed E-state index contributed by atoms with van der Waals surface area (Å²) in [5.74, 6) is 0.137. The van der Waals surface area contributed by atoms with Crippen LogP contribution in [0.25, 0.3) is 0 Å². The van der Waals surface area contributed by atoms with Gasteiger partial charge in [-0.15, -0.1) is 0 Å². The van der Waals surface area contributed by atoms with E-state index in [0.29, 0.717) is 6.54 Å². The number of carbonyl (C=O) groups is 1. The Kier molecular flexibility index (Phi) is 7.47. The van der Waals surface area contributed by atoms with Crippen molar-refractivity contribution in [2.45, 2.75) is 50.7 Å². The van der Waals surface area contributed by atoms with E-state index in [4.69, 9.17) is 0 Å². The van der Waals surface area contributed by atoms with Crippen LogP contribution in [-0.4, -0.2) is 72.2 Å². The smallest absolute Gasteiger partial charge is 0.234 e. The third kappa shape index (κ3) is 6.38. The molecular weight excluding hydrogens is 326 g/mol. The Balaban J connectivity index is 1.34. The van der Waals surface area contributed by atoms with E-state index in [1.54, 1.807) is 0 Å². The standard InChI is InChI=1S/C21H33N3O2/c25-20-10-14-24(15-11-20)17-21(26)22-19-9-5-13-23(16-19)12-4-8-18-6-2-1-3-7-18/h1-3,6-7,19-20,25H,4-5,8-17H2,(H,22,26). The minimum Gasteiger partial charge on any atom is -0.393 e. The van der Waals surface area contributed by atoms with Gasteiger partial charge in [-0.1, -0.05) is 30.3 Å². The second kappa shape index (κ2) is 10.0. The maximum atomic E-state index is 12.3. The van der Waals surface area contributed by atoms with E-state index in [2.05, 4.69) is 45.4 Å². The van der Waals surface area contributed by atoms with Crippen LogP contribution in [0.5, 0.6) is 0 Å². The summed E-state index contributed by atoms with van der Waals surface area (Å²) in [5.41, 5.74) is 1.40. The molecule has 26 heavy (non-hydrogen) atoms. The third-order valence-corrected chi connectivity index (χ3v) is 5.58. The van der Waals surface area contributed by atoms with Crippen LogP contribution in [-0.2, 0) is 11.2 Å². The Hall–Kier alpha value is -1.43. The summed E-state index contributed by atoms with van der Waals surface area (Å²) in [6.45, 7) is 5.34. The normalized spacial score (nSPS) is 23.0. The first kappa shape index (κ1) is 19.3. The summed E-state index contributed by atoms with van der Waals surface area (Å²) in [7, 11) is 0. The van der Waals surface area contributed by atoms with Gasteiger partial charge in [0.2, 0.25) is 5.91 Å². The quantitative estimate of drug-likeness (QED) is 0.777. The molecule has 0 spiro atoms. The van der Waals surface area contributed by atoms with Crippen LogP contribution >= 0.6 is 0 Å². The van der Waals surface area contributed by atoms with E-state index < -0.39 is 0 Å². The summed E-state index contributed by atoms with van der Waals surface area (Å²) in [6, 6.07) is 10.9. The number of benzene rings is 1. The highest BCUT2D eigenvalue weighted by atomic mass is 16.3. The van der Waals surface area contributed by atoms with Gasteiger partial charge < -0.3 is 15.3 Å². The Bertz CT molecular complexity index is 543. The van der Waals surface area contributed by atoms with E-state index in [0.717, 1.165) is 64.8 Å². The molecule has 1 aromatic rings. The van der Waals surface area contributed by atoms with Gasteiger partial charge in [0.05, 0.1) is 12.6 Å². The maximum Gasteiger partial charge on any atom is 0.234 e. The lowest BCUT2D eigenvalue weighted by atomic mass is 10.0. The largest absolute Gasteiger partial charge is 0.393 e. The minimum atomic E-state index is -0.183. The molecule has 2 aliphatic rings. The number of hydrogen-bond donors (Lipinski definition) is 2. The van der Waals surface area contributed by atoms with Crippen molar-refractivity contribution in [3.63, 3.8) is 0 Å². The molecule has 2 fully saturated rings. The predicted molar refractivity (Wildman–Crippen MR) is 104 cm³/mol. The van der Waals surface area contributed by atoms with Crippen molar-refractivity contribution in [2.24, 2.45) is 0 Å². The maximum absolute atomic E-state index is 12.3. The van der Waals surface area contributed by atoms with Gasteiger partial charge in [0, 0.05) is 25.7 Å². The molecule has 1 unspecified atom stereocenters. The number of aliphatic hydroxyl groups is 1. The number of hydrogen-bond acceptors (Lipinski definition) is 4. The Morgan fingerprint density at radius 2 is 1.85 bits per heavy atom. The molecule has 5 nitrogen and oxygen atoms in total. The molecule has 1 aromatic carbocycles. The summed E-state index contributed by atoms with van der Waals surface area (Å²) >= 11 is 0. The third-order valence-electron chi connectivity index (χ3n) is 5.58. The van der Waals surface area contributed by atoms with Gasteiger partial charge in [-0.05, 0) is 57.2 Å². The van der Waals surface area contributed by atoms with E-state index in [1.165, 1.54) is 12.0 Å². The van der Waals surface area contributed by atoms with Crippen LogP contribution in [0.1, 0.15) is 37.7 Å². The van der Waals surface area contributed by atoms with Crippen molar-refractivity contribution >= 4 is 5.91 Å². The molecule has 0 radical (unpaired) electrons. The molecule has 0 saturated carbocycles. The van der Waals surface area contributed by atoms with E-state index in [-0.39, 0.29) is 18.1 Å². The highest BCUT2D eigenvalue weighted by Crippen LogP contribution is 2.13. The average Bonchev–Trinajstić information content (AvgIpc) is 2.65.